The van der Waals surface area contributed by atoms with Crippen molar-refractivity contribution in [1.29, 1.82) is 0 Å². The second-order valence-electron chi connectivity index (χ2n) is 7.24. The Kier molecular flexibility index (Phi) is 5.91. The maximum atomic E-state index is 12.7. The van der Waals surface area contributed by atoms with Gasteiger partial charge in [0.1, 0.15) is 5.75 Å². The van der Waals surface area contributed by atoms with E-state index in [4.69, 9.17) is 4.74 Å². The van der Waals surface area contributed by atoms with Crippen molar-refractivity contribution in [2.24, 2.45) is 0 Å². The summed E-state index contributed by atoms with van der Waals surface area (Å²) in [4.78, 5) is 15.2. The van der Waals surface area contributed by atoms with E-state index in [0.717, 1.165) is 24.5 Å². The van der Waals surface area contributed by atoms with Crippen LogP contribution in [0.1, 0.15) is 34.8 Å². The predicted octanol–water partition coefficient (Wildman–Crippen LogP) is 3.45. The minimum absolute atomic E-state index is 0.0604. The van der Waals surface area contributed by atoms with Gasteiger partial charge in [0.05, 0.1) is 18.8 Å². The normalized spacial score (nSPS) is 15.2. The van der Waals surface area contributed by atoms with Crippen LogP contribution in [0.25, 0.3) is 5.69 Å². The van der Waals surface area contributed by atoms with E-state index < -0.39 is 0 Å². The number of benzene rings is 2. The Morgan fingerprint density at radius 2 is 1.83 bits per heavy atom. The number of carbonyl (C=O) groups excluding carboxylic acids is 1. The summed E-state index contributed by atoms with van der Waals surface area (Å²) in [6.45, 7) is 2.70. The van der Waals surface area contributed by atoms with Crippen LogP contribution in [-0.2, 0) is 0 Å². The van der Waals surface area contributed by atoms with Gasteiger partial charge < -0.3 is 10.1 Å². The van der Waals surface area contributed by atoms with Crippen LogP contribution in [0.5, 0.6) is 5.75 Å². The zero-order chi connectivity index (χ0) is 20.1. The molecule has 0 unspecified atom stereocenters. The third-order valence-electron chi connectivity index (χ3n) is 5.44. The number of methoxy groups -OCH3 is 1. The van der Waals surface area contributed by atoms with E-state index in [1.165, 1.54) is 18.4 Å². The maximum Gasteiger partial charge on any atom is 0.251 e. The van der Waals surface area contributed by atoms with E-state index in [-0.39, 0.29) is 11.9 Å². The van der Waals surface area contributed by atoms with Gasteiger partial charge in [-0.3, -0.25) is 9.69 Å². The molecule has 1 amide bonds. The van der Waals surface area contributed by atoms with E-state index >= 15 is 0 Å². The molecule has 1 saturated heterocycles. The summed E-state index contributed by atoms with van der Waals surface area (Å²) >= 11 is 0. The van der Waals surface area contributed by atoms with Crippen molar-refractivity contribution in [2.75, 3.05) is 26.7 Å². The van der Waals surface area contributed by atoms with E-state index in [1.807, 2.05) is 48.7 Å². The smallest absolute Gasteiger partial charge is 0.251 e. The Balaban J connectivity index is 1.44. The van der Waals surface area contributed by atoms with Gasteiger partial charge in [-0.25, -0.2) is 4.68 Å². The van der Waals surface area contributed by atoms with Gasteiger partial charge in [-0.2, -0.15) is 5.10 Å². The summed E-state index contributed by atoms with van der Waals surface area (Å²) in [5.41, 5.74) is 2.78. The van der Waals surface area contributed by atoms with Gasteiger partial charge in [-0.15, -0.1) is 0 Å². The molecule has 4 rings (SSSR count). The highest BCUT2D eigenvalue weighted by atomic mass is 16.5. The molecule has 2 heterocycles. The van der Waals surface area contributed by atoms with Crippen LogP contribution in [0, 0.1) is 0 Å². The summed E-state index contributed by atoms with van der Waals surface area (Å²) < 4.78 is 7.05. The van der Waals surface area contributed by atoms with E-state index in [9.17, 15) is 4.79 Å². The summed E-state index contributed by atoms with van der Waals surface area (Å²) in [7, 11) is 1.67. The molecule has 1 N–H and O–H groups in total. The molecule has 1 aliphatic heterocycles. The van der Waals surface area contributed by atoms with Crippen LogP contribution in [0.2, 0.25) is 0 Å². The Morgan fingerprint density at radius 3 is 2.45 bits per heavy atom. The number of likely N-dealkylation sites (tertiary alicyclic amines) is 1. The molecule has 0 bridgehead atoms. The van der Waals surface area contributed by atoms with Gasteiger partial charge in [0.25, 0.3) is 5.91 Å². The molecule has 1 fully saturated rings. The average molecular weight is 390 g/mol. The molecule has 6 nitrogen and oxygen atoms in total. The number of nitrogens with one attached hydrogen (secondary N) is 1. The molecule has 1 atom stereocenters. The molecule has 150 valence electrons. The highest BCUT2D eigenvalue weighted by molar-refractivity contribution is 5.94. The first-order chi connectivity index (χ1) is 14.2. The fourth-order valence-corrected chi connectivity index (χ4v) is 3.82. The van der Waals surface area contributed by atoms with Crippen molar-refractivity contribution in [3.8, 4) is 11.4 Å². The quantitative estimate of drug-likeness (QED) is 0.671. The van der Waals surface area contributed by atoms with Crippen molar-refractivity contribution in [2.45, 2.75) is 18.9 Å². The van der Waals surface area contributed by atoms with Gasteiger partial charge in [0.2, 0.25) is 0 Å². The number of rotatable bonds is 7. The molecule has 29 heavy (non-hydrogen) atoms. The number of aromatic nitrogens is 2. The van der Waals surface area contributed by atoms with Crippen molar-refractivity contribution in [3.63, 3.8) is 0 Å². The van der Waals surface area contributed by atoms with E-state index in [0.29, 0.717) is 12.1 Å². The van der Waals surface area contributed by atoms with Gasteiger partial charge >= 0.3 is 0 Å². The number of ether oxygens (including phenoxy) is 1. The minimum Gasteiger partial charge on any atom is -0.497 e. The first-order valence-corrected chi connectivity index (χ1v) is 10.0. The van der Waals surface area contributed by atoms with Gasteiger partial charge in [0, 0.05) is 24.5 Å². The third kappa shape index (κ3) is 4.49. The molecular formula is C23H26N4O2. The second kappa shape index (κ2) is 8.92. The van der Waals surface area contributed by atoms with Crippen LogP contribution in [0.15, 0.2) is 67.0 Å². The van der Waals surface area contributed by atoms with Crippen LogP contribution >= 0.6 is 0 Å². The molecule has 0 radical (unpaired) electrons. The molecule has 1 aliphatic rings. The lowest BCUT2D eigenvalue weighted by atomic mass is 10.0. The number of hydrogen-bond donors (Lipinski definition) is 1. The topological polar surface area (TPSA) is 59.4 Å². The highest BCUT2D eigenvalue weighted by Crippen LogP contribution is 2.26. The van der Waals surface area contributed by atoms with E-state index in [2.05, 4.69) is 27.4 Å². The fourth-order valence-electron chi connectivity index (χ4n) is 3.82. The zero-order valence-corrected chi connectivity index (χ0v) is 16.6. The molecule has 3 aromatic rings. The Labute approximate surface area is 171 Å². The number of carbonyl (C=O) groups is 1. The molecule has 1 aromatic heterocycles. The lowest BCUT2D eigenvalue weighted by Gasteiger charge is -2.28. The average Bonchev–Trinajstić information content (AvgIpc) is 3.49. The first-order valence-electron chi connectivity index (χ1n) is 10.0. The van der Waals surface area contributed by atoms with Gasteiger partial charge in [-0.05, 0) is 74.0 Å². The highest BCUT2D eigenvalue weighted by Gasteiger charge is 2.24. The summed E-state index contributed by atoms with van der Waals surface area (Å²) in [5, 5.41) is 7.34. The summed E-state index contributed by atoms with van der Waals surface area (Å²) in [6, 6.07) is 17.7. The van der Waals surface area contributed by atoms with Gasteiger partial charge in [-0.1, -0.05) is 12.1 Å². The van der Waals surface area contributed by atoms with Crippen molar-refractivity contribution in [3.05, 3.63) is 78.1 Å². The van der Waals surface area contributed by atoms with Gasteiger partial charge in [0.15, 0.2) is 0 Å². The molecule has 6 heteroatoms. The molecule has 0 aliphatic carbocycles. The summed E-state index contributed by atoms with van der Waals surface area (Å²) in [6.07, 6.45) is 6.02. The SMILES string of the molecule is COc1ccc([C@H](CNC(=O)c2ccc(-n3cccn3)cc2)N2CCCC2)cc1. The third-order valence-corrected chi connectivity index (χ3v) is 5.44. The first kappa shape index (κ1) is 19.2. The Hall–Kier alpha value is -3.12. The number of nitrogens with zero attached hydrogens (tertiary/aromatic N) is 3. The molecule has 0 spiro atoms. The zero-order valence-electron chi connectivity index (χ0n) is 16.6. The summed E-state index contributed by atoms with van der Waals surface area (Å²) in [5.74, 6) is 0.782. The van der Waals surface area contributed by atoms with Crippen molar-refractivity contribution < 1.29 is 9.53 Å². The lowest BCUT2D eigenvalue weighted by molar-refractivity contribution is 0.0938. The number of amides is 1. The fraction of sp³-hybridized carbons (Fsp3) is 0.304. The van der Waals surface area contributed by atoms with Crippen LogP contribution in [0.3, 0.4) is 0 Å². The standard InChI is InChI=1S/C23H26N4O2/c1-29-21-11-7-18(8-12-21)22(26-14-2-3-15-26)17-24-23(28)19-5-9-20(10-6-19)27-16-4-13-25-27/h4-13,16,22H,2-3,14-15,17H2,1H3,(H,24,28)/t22-/m0/s1. The van der Waals surface area contributed by atoms with E-state index in [1.54, 1.807) is 18.0 Å². The van der Waals surface area contributed by atoms with Crippen molar-refractivity contribution in [1.82, 2.24) is 20.0 Å². The predicted molar refractivity (Wildman–Crippen MR) is 112 cm³/mol. The monoisotopic (exact) mass is 390 g/mol. The second-order valence-corrected chi connectivity index (χ2v) is 7.24. The largest absolute Gasteiger partial charge is 0.497 e. The minimum atomic E-state index is -0.0604. The van der Waals surface area contributed by atoms with Crippen LogP contribution in [0.4, 0.5) is 0 Å². The lowest BCUT2D eigenvalue weighted by Crippen LogP contribution is -2.36. The Morgan fingerprint density at radius 1 is 1.10 bits per heavy atom. The number of hydrogen-bond acceptors (Lipinski definition) is 4. The molecule has 2 aromatic carbocycles. The molecule has 0 saturated carbocycles. The Bertz CT molecular complexity index is 915. The van der Waals surface area contributed by atoms with Crippen molar-refractivity contribution >= 4 is 5.91 Å². The molecular weight excluding hydrogens is 364 g/mol. The maximum absolute atomic E-state index is 12.7. The van der Waals surface area contributed by atoms with Crippen LogP contribution < -0.4 is 10.1 Å². The van der Waals surface area contributed by atoms with Crippen LogP contribution in [-0.4, -0.2) is 47.3 Å².